The van der Waals surface area contributed by atoms with Crippen molar-refractivity contribution in [2.45, 2.75) is 26.1 Å². The topological polar surface area (TPSA) is 50.8 Å². The molecule has 0 aliphatic carbocycles. The lowest BCUT2D eigenvalue weighted by atomic mass is 9.96. The van der Waals surface area contributed by atoms with Gasteiger partial charge < -0.3 is 19.7 Å². The van der Waals surface area contributed by atoms with Gasteiger partial charge in [0.2, 0.25) is 0 Å². The quantitative estimate of drug-likeness (QED) is 0.908. The van der Waals surface area contributed by atoms with E-state index in [0.29, 0.717) is 24.2 Å². The normalized spacial score (nSPS) is 20.4. The molecular weight excluding hydrogens is 304 g/mol. The number of hydrogen-bond acceptors (Lipinski definition) is 3. The van der Waals surface area contributed by atoms with Crippen LogP contribution in [0.5, 0.6) is 0 Å². The van der Waals surface area contributed by atoms with E-state index >= 15 is 0 Å². The minimum absolute atomic E-state index is 0.0722. The summed E-state index contributed by atoms with van der Waals surface area (Å²) in [5, 5.41) is 3.60. The number of carbonyl (C=O) groups excluding carboxylic acids is 1. The van der Waals surface area contributed by atoms with Crippen LogP contribution in [0.2, 0.25) is 5.02 Å². The number of carbonyl (C=O) groups is 1. The molecule has 0 spiro atoms. The van der Waals surface area contributed by atoms with Crippen molar-refractivity contribution in [2.24, 2.45) is 5.92 Å². The van der Waals surface area contributed by atoms with Gasteiger partial charge in [-0.15, -0.1) is 0 Å². The molecule has 1 aromatic rings. The maximum Gasteiger partial charge on any atom is 0.321 e. The molecule has 0 atom stereocenters. The zero-order valence-corrected chi connectivity index (χ0v) is 13.4. The van der Waals surface area contributed by atoms with Crippen LogP contribution in [-0.2, 0) is 9.47 Å². The first-order valence-electron chi connectivity index (χ1n) is 7.69. The van der Waals surface area contributed by atoms with Gasteiger partial charge >= 0.3 is 6.03 Å². The molecule has 1 N–H and O–H groups in total. The second kappa shape index (κ2) is 6.86. The number of hydrogen-bond donors (Lipinski definition) is 1. The van der Waals surface area contributed by atoms with Crippen LogP contribution in [-0.4, -0.2) is 43.5 Å². The van der Waals surface area contributed by atoms with Crippen molar-refractivity contribution in [2.75, 3.05) is 31.6 Å². The van der Waals surface area contributed by atoms with E-state index in [2.05, 4.69) is 5.32 Å². The van der Waals surface area contributed by atoms with Gasteiger partial charge in [-0.3, -0.25) is 0 Å². The Morgan fingerprint density at radius 2 is 1.95 bits per heavy atom. The van der Waals surface area contributed by atoms with E-state index in [-0.39, 0.29) is 12.3 Å². The Labute approximate surface area is 135 Å². The van der Waals surface area contributed by atoms with Gasteiger partial charge in [-0.2, -0.15) is 0 Å². The van der Waals surface area contributed by atoms with Crippen LogP contribution in [0, 0.1) is 12.8 Å². The molecule has 0 radical (unpaired) electrons. The molecule has 2 aliphatic rings. The molecule has 0 bridgehead atoms. The Kier molecular flexibility index (Phi) is 4.86. The highest BCUT2D eigenvalue weighted by molar-refractivity contribution is 6.31. The number of ether oxygens (including phenoxy) is 2. The van der Waals surface area contributed by atoms with Gasteiger partial charge in [-0.1, -0.05) is 17.7 Å². The average molecular weight is 325 g/mol. The van der Waals surface area contributed by atoms with Crippen molar-refractivity contribution in [1.82, 2.24) is 4.90 Å². The van der Waals surface area contributed by atoms with Gasteiger partial charge in [0.15, 0.2) is 6.29 Å². The molecule has 0 unspecified atom stereocenters. The number of nitrogens with one attached hydrogen (secondary N) is 1. The van der Waals surface area contributed by atoms with E-state index in [1.54, 1.807) is 0 Å². The molecule has 2 aliphatic heterocycles. The lowest BCUT2D eigenvalue weighted by molar-refractivity contribution is -0.0950. The Balaban J connectivity index is 1.54. The smallest absolute Gasteiger partial charge is 0.321 e. The molecular formula is C16H21ClN2O3. The summed E-state index contributed by atoms with van der Waals surface area (Å²) in [6.07, 6.45) is 1.74. The third-order valence-corrected chi connectivity index (χ3v) is 4.78. The van der Waals surface area contributed by atoms with Gasteiger partial charge in [-0.05, 0) is 37.5 Å². The summed E-state index contributed by atoms with van der Waals surface area (Å²) in [7, 11) is 0. The van der Waals surface area contributed by atoms with E-state index in [1.165, 1.54) is 0 Å². The maximum atomic E-state index is 12.4. The monoisotopic (exact) mass is 324 g/mol. The van der Waals surface area contributed by atoms with Crippen molar-refractivity contribution in [3.63, 3.8) is 0 Å². The van der Waals surface area contributed by atoms with Gasteiger partial charge in [0, 0.05) is 29.7 Å². The van der Waals surface area contributed by atoms with Crippen molar-refractivity contribution < 1.29 is 14.3 Å². The molecule has 5 nitrogen and oxygen atoms in total. The number of amides is 2. The summed E-state index contributed by atoms with van der Waals surface area (Å²) in [6.45, 7) is 4.70. The summed E-state index contributed by atoms with van der Waals surface area (Å²) in [5.41, 5.74) is 1.65. The van der Waals surface area contributed by atoms with E-state index in [4.69, 9.17) is 21.1 Å². The fourth-order valence-electron chi connectivity index (χ4n) is 2.96. The standard InChI is InChI=1S/C16H21ClN2O3/c1-11-13(17)3-2-4-14(11)18-16(20)19-7-5-12(6-8-19)15-21-9-10-22-15/h2-4,12,15H,5-10H2,1H3,(H,18,20). The number of piperidine rings is 1. The maximum absolute atomic E-state index is 12.4. The SMILES string of the molecule is Cc1c(Cl)cccc1NC(=O)N1CCC(C2OCCO2)CC1. The molecule has 2 fully saturated rings. The van der Waals surface area contributed by atoms with Crippen LogP contribution in [0.4, 0.5) is 10.5 Å². The van der Waals surface area contributed by atoms with Crippen molar-refractivity contribution in [1.29, 1.82) is 0 Å². The summed E-state index contributed by atoms with van der Waals surface area (Å²) in [6, 6.07) is 5.45. The molecule has 6 heteroatoms. The largest absolute Gasteiger partial charge is 0.350 e. The average Bonchev–Trinajstić information content (AvgIpc) is 3.06. The minimum Gasteiger partial charge on any atom is -0.350 e. The number of nitrogens with zero attached hydrogens (tertiary/aromatic N) is 1. The predicted molar refractivity (Wildman–Crippen MR) is 85.2 cm³/mol. The summed E-state index contributed by atoms with van der Waals surface area (Å²) in [5.74, 6) is 0.388. The summed E-state index contributed by atoms with van der Waals surface area (Å²) < 4.78 is 11.1. The number of likely N-dealkylation sites (tertiary alicyclic amines) is 1. The van der Waals surface area contributed by atoms with E-state index in [9.17, 15) is 4.79 Å². The van der Waals surface area contributed by atoms with Crippen molar-refractivity contribution in [3.05, 3.63) is 28.8 Å². The second-order valence-corrected chi connectivity index (χ2v) is 6.18. The third kappa shape index (κ3) is 3.37. The van der Waals surface area contributed by atoms with Crippen LogP contribution in [0.15, 0.2) is 18.2 Å². The first kappa shape index (κ1) is 15.6. The van der Waals surface area contributed by atoms with E-state index in [0.717, 1.165) is 37.2 Å². The van der Waals surface area contributed by atoms with Crippen LogP contribution in [0.1, 0.15) is 18.4 Å². The Hall–Kier alpha value is -1.30. The molecule has 120 valence electrons. The molecule has 1 aromatic carbocycles. The number of benzene rings is 1. The summed E-state index contributed by atoms with van der Waals surface area (Å²) >= 11 is 6.08. The Morgan fingerprint density at radius 1 is 1.27 bits per heavy atom. The number of halogens is 1. The highest BCUT2D eigenvalue weighted by Crippen LogP contribution is 2.27. The molecule has 22 heavy (non-hydrogen) atoms. The second-order valence-electron chi connectivity index (χ2n) is 5.78. The van der Waals surface area contributed by atoms with Crippen LogP contribution in [0.25, 0.3) is 0 Å². The van der Waals surface area contributed by atoms with Crippen LogP contribution < -0.4 is 5.32 Å². The molecule has 2 heterocycles. The zero-order chi connectivity index (χ0) is 15.5. The minimum atomic E-state index is -0.0830. The fraction of sp³-hybridized carbons (Fsp3) is 0.562. The molecule has 2 saturated heterocycles. The van der Waals surface area contributed by atoms with Gasteiger partial charge in [0.25, 0.3) is 0 Å². The van der Waals surface area contributed by atoms with Gasteiger partial charge in [-0.25, -0.2) is 4.79 Å². The molecule has 3 rings (SSSR count). The third-order valence-electron chi connectivity index (χ3n) is 4.37. The predicted octanol–water partition coefficient (Wildman–Crippen LogP) is 3.27. The number of anilines is 1. The van der Waals surface area contributed by atoms with Crippen molar-refractivity contribution >= 4 is 23.3 Å². The first-order chi connectivity index (χ1) is 10.6. The fourth-order valence-corrected chi connectivity index (χ4v) is 3.14. The van der Waals surface area contributed by atoms with Crippen LogP contribution >= 0.6 is 11.6 Å². The first-order valence-corrected chi connectivity index (χ1v) is 8.07. The number of urea groups is 1. The lowest BCUT2D eigenvalue weighted by Crippen LogP contribution is -2.43. The Morgan fingerprint density at radius 3 is 2.64 bits per heavy atom. The number of rotatable bonds is 2. The van der Waals surface area contributed by atoms with Crippen molar-refractivity contribution in [3.8, 4) is 0 Å². The van der Waals surface area contributed by atoms with E-state index in [1.807, 2.05) is 30.0 Å². The van der Waals surface area contributed by atoms with Gasteiger partial charge in [0.05, 0.1) is 13.2 Å². The zero-order valence-electron chi connectivity index (χ0n) is 12.7. The van der Waals surface area contributed by atoms with Crippen LogP contribution in [0.3, 0.4) is 0 Å². The van der Waals surface area contributed by atoms with E-state index < -0.39 is 0 Å². The molecule has 0 saturated carbocycles. The van der Waals surface area contributed by atoms with Gasteiger partial charge in [0.1, 0.15) is 0 Å². The highest BCUT2D eigenvalue weighted by atomic mass is 35.5. The summed E-state index contributed by atoms with van der Waals surface area (Å²) in [4.78, 5) is 14.2. The Bertz CT molecular complexity index is 538. The molecule has 2 amide bonds. The highest BCUT2D eigenvalue weighted by Gasteiger charge is 2.31. The lowest BCUT2D eigenvalue weighted by Gasteiger charge is -2.33. The molecule has 0 aromatic heterocycles.